The smallest absolute Gasteiger partial charge is 0.228 e. The number of thioether (sulfide) groups is 1. The van der Waals surface area contributed by atoms with Crippen molar-refractivity contribution >= 4 is 23.4 Å². The maximum atomic E-state index is 12.7. The van der Waals surface area contributed by atoms with Crippen LogP contribution in [0.25, 0.3) is 0 Å². The van der Waals surface area contributed by atoms with Crippen LogP contribution in [0.3, 0.4) is 0 Å². The predicted molar refractivity (Wildman–Crippen MR) is 88.7 cm³/mol. The molecule has 0 saturated carbocycles. The fraction of sp³-hybridized carbons (Fsp3) is 0.278. The molecule has 1 atom stereocenters. The van der Waals surface area contributed by atoms with Gasteiger partial charge in [0.15, 0.2) is 0 Å². The Morgan fingerprint density at radius 2 is 1.81 bits per heavy atom. The lowest BCUT2D eigenvalue weighted by Gasteiger charge is -2.21. The first kappa shape index (κ1) is 14.2. The fourth-order valence-corrected chi connectivity index (χ4v) is 3.98. The maximum absolute atomic E-state index is 12.7. The van der Waals surface area contributed by atoms with Gasteiger partial charge in [0.2, 0.25) is 5.91 Å². The fourth-order valence-electron chi connectivity index (χ4n) is 2.70. The van der Waals surface area contributed by atoms with Gasteiger partial charge in [0.05, 0.1) is 5.69 Å². The Morgan fingerprint density at radius 3 is 2.57 bits per heavy atom. The average Bonchev–Trinajstić information content (AvgIpc) is 2.66. The summed E-state index contributed by atoms with van der Waals surface area (Å²) in [7, 11) is 0. The highest BCUT2D eigenvalue weighted by Crippen LogP contribution is 2.45. The van der Waals surface area contributed by atoms with Crippen LogP contribution >= 0.6 is 11.8 Å². The van der Waals surface area contributed by atoms with Crippen LogP contribution < -0.4 is 4.90 Å². The minimum Gasteiger partial charge on any atom is -0.311 e. The largest absolute Gasteiger partial charge is 0.311 e. The van der Waals surface area contributed by atoms with E-state index in [1.165, 1.54) is 10.5 Å². The van der Waals surface area contributed by atoms with E-state index in [9.17, 15) is 4.79 Å². The summed E-state index contributed by atoms with van der Waals surface area (Å²) in [4.78, 5) is 15.8. The Morgan fingerprint density at radius 1 is 1.10 bits per heavy atom. The molecule has 1 amide bonds. The number of rotatable bonds is 3. The summed E-state index contributed by atoms with van der Waals surface area (Å²) in [6.07, 6.45) is 1.53. The minimum absolute atomic E-state index is 0.196. The molecule has 1 unspecified atom stereocenters. The summed E-state index contributed by atoms with van der Waals surface area (Å²) < 4.78 is 0. The summed E-state index contributed by atoms with van der Waals surface area (Å²) >= 11 is 1.80. The molecule has 0 N–H and O–H groups in total. The zero-order valence-corrected chi connectivity index (χ0v) is 13.0. The van der Waals surface area contributed by atoms with E-state index in [4.69, 9.17) is 0 Å². The predicted octanol–water partition coefficient (Wildman–Crippen LogP) is 4.67. The van der Waals surface area contributed by atoms with E-state index in [0.29, 0.717) is 6.42 Å². The lowest BCUT2D eigenvalue weighted by molar-refractivity contribution is -0.118. The molecule has 0 aromatic heterocycles. The normalized spacial score (nSPS) is 18.2. The van der Waals surface area contributed by atoms with E-state index in [-0.39, 0.29) is 11.2 Å². The van der Waals surface area contributed by atoms with E-state index in [1.54, 1.807) is 11.8 Å². The van der Waals surface area contributed by atoms with Crippen LogP contribution in [0.4, 0.5) is 5.69 Å². The summed E-state index contributed by atoms with van der Waals surface area (Å²) in [6.45, 7) is 2.90. The quantitative estimate of drug-likeness (QED) is 0.820. The van der Waals surface area contributed by atoms with Crippen molar-refractivity contribution in [2.24, 2.45) is 0 Å². The Hall–Kier alpha value is -1.74. The zero-order valence-electron chi connectivity index (χ0n) is 12.2. The van der Waals surface area contributed by atoms with E-state index in [1.807, 2.05) is 35.2 Å². The lowest BCUT2D eigenvalue weighted by Crippen LogP contribution is -2.31. The number of amides is 1. The molecule has 3 rings (SSSR count). The molecule has 1 aliphatic rings. The molecule has 21 heavy (non-hydrogen) atoms. The van der Waals surface area contributed by atoms with Crippen LogP contribution in [0, 0.1) is 0 Å². The molecule has 108 valence electrons. The third kappa shape index (κ3) is 2.98. The van der Waals surface area contributed by atoms with Crippen LogP contribution in [0.2, 0.25) is 0 Å². The molecular weight excluding hydrogens is 278 g/mol. The van der Waals surface area contributed by atoms with Gasteiger partial charge in [-0.25, -0.2) is 0 Å². The summed E-state index contributed by atoms with van der Waals surface area (Å²) in [5.74, 6) is 0.225. The highest BCUT2D eigenvalue weighted by atomic mass is 32.2. The minimum atomic E-state index is 0.196. The molecule has 0 fully saturated rings. The monoisotopic (exact) mass is 297 g/mol. The van der Waals surface area contributed by atoms with E-state index in [0.717, 1.165) is 18.7 Å². The van der Waals surface area contributed by atoms with Crippen molar-refractivity contribution in [3.05, 3.63) is 60.2 Å². The number of hydrogen-bond donors (Lipinski definition) is 0. The molecule has 2 nitrogen and oxygen atoms in total. The Labute approximate surface area is 130 Å². The Bertz CT molecular complexity index is 626. The summed E-state index contributed by atoms with van der Waals surface area (Å²) in [5, 5.41) is 0.196. The summed E-state index contributed by atoms with van der Waals surface area (Å²) in [6, 6.07) is 18.6. The van der Waals surface area contributed by atoms with Crippen molar-refractivity contribution in [2.45, 2.75) is 29.9 Å². The second-order valence-electron chi connectivity index (χ2n) is 5.23. The number of nitrogens with zero attached hydrogens (tertiary/aromatic N) is 1. The first-order valence-corrected chi connectivity index (χ1v) is 8.28. The highest BCUT2D eigenvalue weighted by molar-refractivity contribution is 7.99. The molecule has 3 heteroatoms. The van der Waals surface area contributed by atoms with Crippen LogP contribution in [0.15, 0.2) is 59.5 Å². The van der Waals surface area contributed by atoms with Crippen LogP contribution in [0.5, 0.6) is 0 Å². The van der Waals surface area contributed by atoms with Gasteiger partial charge in [-0.15, -0.1) is 11.8 Å². The van der Waals surface area contributed by atoms with Crippen LogP contribution in [0.1, 0.15) is 30.6 Å². The van der Waals surface area contributed by atoms with Gasteiger partial charge >= 0.3 is 0 Å². The van der Waals surface area contributed by atoms with Crippen molar-refractivity contribution in [3.8, 4) is 0 Å². The van der Waals surface area contributed by atoms with Crippen molar-refractivity contribution in [1.29, 1.82) is 0 Å². The van der Waals surface area contributed by atoms with Crippen molar-refractivity contribution in [1.82, 2.24) is 0 Å². The standard InChI is InChI=1S/C18H19NOS/c1-2-12-19-15-10-6-7-11-16(15)21-17(13-18(19)20)14-8-4-3-5-9-14/h3-11,17H,2,12-13H2,1H3. The third-order valence-electron chi connectivity index (χ3n) is 3.70. The second kappa shape index (κ2) is 6.35. The molecule has 0 spiro atoms. The molecule has 0 aliphatic carbocycles. The highest BCUT2D eigenvalue weighted by Gasteiger charge is 2.28. The van der Waals surface area contributed by atoms with Crippen molar-refractivity contribution in [3.63, 3.8) is 0 Å². The molecule has 2 aromatic carbocycles. The van der Waals surface area contributed by atoms with E-state index < -0.39 is 0 Å². The number of carbonyl (C=O) groups excluding carboxylic acids is 1. The van der Waals surface area contributed by atoms with Gasteiger partial charge in [0.1, 0.15) is 0 Å². The van der Waals surface area contributed by atoms with Gasteiger partial charge in [-0.3, -0.25) is 4.79 Å². The molecule has 1 aliphatic heterocycles. The van der Waals surface area contributed by atoms with Gasteiger partial charge in [-0.1, -0.05) is 49.4 Å². The lowest BCUT2D eigenvalue weighted by atomic mass is 10.1. The van der Waals surface area contributed by atoms with Crippen molar-refractivity contribution in [2.75, 3.05) is 11.4 Å². The average molecular weight is 297 g/mol. The molecule has 0 bridgehead atoms. The maximum Gasteiger partial charge on any atom is 0.228 e. The topological polar surface area (TPSA) is 20.3 Å². The number of para-hydroxylation sites is 1. The van der Waals surface area contributed by atoms with Gasteiger partial charge < -0.3 is 4.90 Å². The number of carbonyl (C=O) groups is 1. The molecule has 1 heterocycles. The number of fused-ring (bicyclic) bond motifs is 1. The zero-order chi connectivity index (χ0) is 14.7. The Balaban J connectivity index is 1.99. The molecule has 0 saturated heterocycles. The van der Waals surface area contributed by atoms with Crippen LogP contribution in [-0.4, -0.2) is 12.5 Å². The number of anilines is 1. The first-order valence-electron chi connectivity index (χ1n) is 7.40. The third-order valence-corrected chi connectivity index (χ3v) is 5.03. The SMILES string of the molecule is CCCN1C(=O)CC(c2ccccc2)Sc2ccccc21. The van der Waals surface area contributed by atoms with Gasteiger partial charge in [0.25, 0.3) is 0 Å². The number of hydrogen-bond acceptors (Lipinski definition) is 2. The summed E-state index contributed by atoms with van der Waals surface area (Å²) in [5.41, 5.74) is 2.29. The van der Waals surface area contributed by atoms with Gasteiger partial charge in [0, 0.05) is 23.1 Å². The first-order chi connectivity index (χ1) is 10.3. The van der Waals surface area contributed by atoms with E-state index in [2.05, 4.69) is 31.2 Å². The van der Waals surface area contributed by atoms with Crippen molar-refractivity contribution < 1.29 is 4.79 Å². The Kier molecular flexibility index (Phi) is 4.30. The molecule has 0 radical (unpaired) electrons. The number of benzene rings is 2. The molecular formula is C18H19NOS. The van der Waals surface area contributed by atoms with Gasteiger partial charge in [-0.2, -0.15) is 0 Å². The van der Waals surface area contributed by atoms with Gasteiger partial charge in [-0.05, 0) is 24.1 Å². The van der Waals surface area contributed by atoms with E-state index >= 15 is 0 Å². The second-order valence-corrected chi connectivity index (χ2v) is 6.48. The molecule has 2 aromatic rings. The van der Waals surface area contributed by atoms with Crippen LogP contribution in [-0.2, 0) is 4.79 Å².